The van der Waals surface area contributed by atoms with Crippen molar-refractivity contribution in [3.8, 4) is 0 Å². The zero-order valence-electron chi connectivity index (χ0n) is 9.55. The van der Waals surface area contributed by atoms with E-state index in [1.165, 1.54) is 0 Å². The van der Waals surface area contributed by atoms with Crippen LogP contribution in [0.3, 0.4) is 0 Å². The van der Waals surface area contributed by atoms with E-state index in [1.807, 2.05) is 6.07 Å². The highest BCUT2D eigenvalue weighted by atomic mass is 35.5. The highest BCUT2D eigenvalue weighted by molar-refractivity contribution is 6.35. The van der Waals surface area contributed by atoms with Crippen LogP contribution in [0.5, 0.6) is 0 Å². The molecule has 0 spiro atoms. The van der Waals surface area contributed by atoms with Gasteiger partial charge in [0.25, 0.3) is 0 Å². The number of benzene rings is 1. The van der Waals surface area contributed by atoms with Gasteiger partial charge in [0, 0.05) is 29.6 Å². The van der Waals surface area contributed by atoms with Gasteiger partial charge in [-0.05, 0) is 34.5 Å². The number of aliphatic hydroxyl groups excluding tert-OH is 1. The summed E-state index contributed by atoms with van der Waals surface area (Å²) < 4.78 is 1.67. The fourth-order valence-electron chi connectivity index (χ4n) is 1.58. The number of nitrogens with zero attached hydrogens (tertiary/aromatic N) is 4. The average Bonchev–Trinajstić information content (AvgIpc) is 2.77. The van der Waals surface area contributed by atoms with Crippen molar-refractivity contribution < 1.29 is 5.11 Å². The highest BCUT2D eigenvalue weighted by Crippen LogP contribution is 2.22. The van der Waals surface area contributed by atoms with Gasteiger partial charge in [-0.25, -0.2) is 4.68 Å². The maximum absolute atomic E-state index is 8.80. The van der Waals surface area contributed by atoms with E-state index in [0.29, 0.717) is 35.3 Å². The standard InChI is InChI=1S/C11H12Cl2N4O/c12-9-3-2-8(10(13)7-9)6-11-14-15-16-17(11)4-1-5-18/h2-3,7,18H,1,4-6H2. The van der Waals surface area contributed by atoms with Gasteiger partial charge in [-0.15, -0.1) is 5.10 Å². The van der Waals surface area contributed by atoms with Gasteiger partial charge < -0.3 is 5.11 Å². The molecule has 1 aromatic heterocycles. The molecule has 0 fully saturated rings. The van der Waals surface area contributed by atoms with Gasteiger partial charge in [0.15, 0.2) is 5.82 Å². The molecule has 0 saturated carbocycles. The van der Waals surface area contributed by atoms with Crippen molar-refractivity contribution in [1.82, 2.24) is 20.2 Å². The van der Waals surface area contributed by atoms with Crippen molar-refractivity contribution in [3.63, 3.8) is 0 Å². The second-order valence-electron chi connectivity index (χ2n) is 3.81. The van der Waals surface area contributed by atoms with Crippen molar-refractivity contribution in [2.45, 2.75) is 19.4 Å². The van der Waals surface area contributed by atoms with Crippen molar-refractivity contribution in [2.24, 2.45) is 0 Å². The molecular weight excluding hydrogens is 275 g/mol. The molecule has 0 radical (unpaired) electrons. The molecule has 5 nitrogen and oxygen atoms in total. The van der Waals surface area contributed by atoms with E-state index in [4.69, 9.17) is 28.3 Å². The Labute approximate surface area is 114 Å². The molecule has 7 heteroatoms. The van der Waals surface area contributed by atoms with Crippen LogP contribution in [0.2, 0.25) is 10.0 Å². The summed E-state index contributed by atoms with van der Waals surface area (Å²) in [4.78, 5) is 0. The molecule has 2 rings (SSSR count). The van der Waals surface area contributed by atoms with E-state index in [1.54, 1.807) is 16.8 Å². The molecule has 96 valence electrons. The lowest BCUT2D eigenvalue weighted by Gasteiger charge is -2.05. The Balaban J connectivity index is 2.15. The molecule has 0 aliphatic carbocycles. The summed E-state index contributed by atoms with van der Waals surface area (Å²) in [7, 11) is 0. The Morgan fingerprint density at radius 2 is 2.11 bits per heavy atom. The van der Waals surface area contributed by atoms with E-state index in [2.05, 4.69) is 15.5 Å². The van der Waals surface area contributed by atoms with Gasteiger partial charge in [-0.2, -0.15) is 0 Å². The molecule has 18 heavy (non-hydrogen) atoms. The fourth-order valence-corrected chi connectivity index (χ4v) is 2.05. The minimum atomic E-state index is 0.112. The molecule has 0 amide bonds. The second-order valence-corrected chi connectivity index (χ2v) is 4.65. The SMILES string of the molecule is OCCCn1nnnc1Cc1ccc(Cl)cc1Cl. The Kier molecular flexibility index (Phi) is 4.52. The maximum Gasteiger partial charge on any atom is 0.155 e. The number of hydrogen-bond acceptors (Lipinski definition) is 4. The van der Waals surface area contributed by atoms with Crippen LogP contribution < -0.4 is 0 Å². The van der Waals surface area contributed by atoms with Crippen LogP contribution in [0, 0.1) is 0 Å². The van der Waals surface area contributed by atoms with Gasteiger partial charge >= 0.3 is 0 Å². The first-order valence-corrected chi connectivity index (χ1v) is 6.26. The predicted molar refractivity (Wildman–Crippen MR) is 68.8 cm³/mol. The lowest BCUT2D eigenvalue weighted by Crippen LogP contribution is -2.08. The lowest BCUT2D eigenvalue weighted by atomic mass is 10.1. The largest absolute Gasteiger partial charge is 0.396 e. The molecule has 0 atom stereocenters. The number of hydrogen-bond donors (Lipinski definition) is 1. The number of tetrazole rings is 1. The number of aryl methyl sites for hydroxylation is 1. The predicted octanol–water partition coefficient (Wildman–Crippen LogP) is 1.95. The number of rotatable bonds is 5. The summed E-state index contributed by atoms with van der Waals surface area (Å²) in [6, 6.07) is 5.33. The van der Waals surface area contributed by atoms with Gasteiger partial charge in [0.05, 0.1) is 0 Å². The molecule has 1 aromatic carbocycles. The van der Waals surface area contributed by atoms with E-state index < -0.39 is 0 Å². The first kappa shape index (κ1) is 13.3. The van der Waals surface area contributed by atoms with Crippen molar-refractivity contribution >= 4 is 23.2 Å². The molecule has 1 heterocycles. The van der Waals surface area contributed by atoms with E-state index in [-0.39, 0.29) is 6.61 Å². The Bertz CT molecular complexity index is 530. The molecule has 0 bridgehead atoms. The first-order valence-electron chi connectivity index (χ1n) is 5.50. The van der Waals surface area contributed by atoms with Crippen LogP contribution in [0.25, 0.3) is 0 Å². The zero-order valence-corrected chi connectivity index (χ0v) is 11.1. The molecule has 0 unspecified atom stereocenters. The van der Waals surface area contributed by atoms with Gasteiger partial charge in [0.2, 0.25) is 0 Å². The zero-order chi connectivity index (χ0) is 13.0. The molecule has 2 aromatic rings. The summed E-state index contributed by atoms with van der Waals surface area (Å²) in [5.74, 6) is 0.715. The third kappa shape index (κ3) is 3.19. The molecule has 1 N–H and O–H groups in total. The molecular formula is C11H12Cl2N4O. The van der Waals surface area contributed by atoms with Gasteiger partial charge in [-0.3, -0.25) is 0 Å². The third-order valence-electron chi connectivity index (χ3n) is 2.50. The van der Waals surface area contributed by atoms with E-state index in [0.717, 1.165) is 5.56 Å². The number of aromatic nitrogens is 4. The number of halogens is 2. The highest BCUT2D eigenvalue weighted by Gasteiger charge is 2.09. The minimum Gasteiger partial charge on any atom is -0.396 e. The monoisotopic (exact) mass is 286 g/mol. The molecule has 0 saturated heterocycles. The van der Waals surface area contributed by atoms with Gasteiger partial charge in [-0.1, -0.05) is 29.3 Å². The molecule has 0 aliphatic heterocycles. The van der Waals surface area contributed by atoms with E-state index >= 15 is 0 Å². The van der Waals surface area contributed by atoms with E-state index in [9.17, 15) is 0 Å². The van der Waals surface area contributed by atoms with Crippen LogP contribution in [-0.4, -0.2) is 31.9 Å². The van der Waals surface area contributed by atoms with Crippen LogP contribution in [0.15, 0.2) is 18.2 Å². The summed E-state index contributed by atoms with van der Waals surface area (Å²) in [6.07, 6.45) is 1.15. The number of aliphatic hydroxyl groups is 1. The van der Waals surface area contributed by atoms with Crippen LogP contribution in [0.4, 0.5) is 0 Å². The van der Waals surface area contributed by atoms with Gasteiger partial charge in [0.1, 0.15) is 0 Å². The summed E-state index contributed by atoms with van der Waals surface area (Å²) >= 11 is 11.9. The van der Waals surface area contributed by atoms with Crippen LogP contribution in [0.1, 0.15) is 17.8 Å². The fraction of sp³-hybridized carbons (Fsp3) is 0.364. The average molecular weight is 287 g/mol. The quantitative estimate of drug-likeness (QED) is 0.913. The Morgan fingerprint density at radius 1 is 1.28 bits per heavy atom. The maximum atomic E-state index is 8.80. The smallest absolute Gasteiger partial charge is 0.155 e. The summed E-state index contributed by atoms with van der Waals surface area (Å²) in [5, 5.41) is 21.5. The van der Waals surface area contributed by atoms with Crippen molar-refractivity contribution in [2.75, 3.05) is 6.61 Å². The van der Waals surface area contributed by atoms with Crippen molar-refractivity contribution in [3.05, 3.63) is 39.6 Å². The third-order valence-corrected chi connectivity index (χ3v) is 3.08. The summed E-state index contributed by atoms with van der Waals surface area (Å²) in [5.41, 5.74) is 0.918. The van der Waals surface area contributed by atoms with Crippen LogP contribution >= 0.6 is 23.2 Å². The minimum absolute atomic E-state index is 0.112. The first-order chi connectivity index (χ1) is 8.70. The Hall–Kier alpha value is -1.17. The summed E-state index contributed by atoms with van der Waals surface area (Å²) in [6.45, 7) is 0.699. The Morgan fingerprint density at radius 3 is 2.83 bits per heavy atom. The van der Waals surface area contributed by atoms with Crippen molar-refractivity contribution in [1.29, 1.82) is 0 Å². The molecule has 0 aliphatic rings. The van der Waals surface area contributed by atoms with Crippen LogP contribution in [-0.2, 0) is 13.0 Å². The normalized spacial score (nSPS) is 10.8. The second kappa shape index (κ2) is 6.13. The lowest BCUT2D eigenvalue weighted by molar-refractivity contribution is 0.275. The topological polar surface area (TPSA) is 63.8 Å².